The van der Waals surface area contributed by atoms with Crippen LogP contribution >= 0.6 is 0 Å². The van der Waals surface area contributed by atoms with Gasteiger partial charge in [0.25, 0.3) is 0 Å². The van der Waals surface area contributed by atoms with E-state index in [1.807, 2.05) is 12.1 Å². The standard InChI is InChI=1S/C27H42N8O/c1-3-5-8-13-21(4-2)24(36)29-22-14-15-23(28-20-22)30-25-31-26(34-16-9-6-10-17-34)33-27(32-25)35-18-11-7-12-19-35/h14-15,20-21H,3-13,16-19H2,1-2H3,(H,29,36)(H,28,30,31,32,33). The van der Waals surface area contributed by atoms with Crippen LogP contribution in [0.5, 0.6) is 0 Å². The van der Waals surface area contributed by atoms with Gasteiger partial charge >= 0.3 is 0 Å². The summed E-state index contributed by atoms with van der Waals surface area (Å²) in [6.45, 7) is 8.17. The summed E-state index contributed by atoms with van der Waals surface area (Å²) in [6.07, 6.45) is 14.1. The van der Waals surface area contributed by atoms with Crippen LogP contribution in [0.2, 0.25) is 0 Å². The molecule has 4 heterocycles. The summed E-state index contributed by atoms with van der Waals surface area (Å²) in [7, 11) is 0. The van der Waals surface area contributed by atoms with Crippen LogP contribution in [0.1, 0.15) is 84.5 Å². The third kappa shape index (κ3) is 7.27. The zero-order chi connectivity index (χ0) is 25.2. The molecule has 0 radical (unpaired) electrons. The van der Waals surface area contributed by atoms with E-state index in [2.05, 4.69) is 39.3 Å². The molecular formula is C27H42N8O. The summed E-state index contributed by atoms with van der Waals surface area (Å²) in [4.78, 5) is 36.1. The van der Waals surface area contributed by atoms with Gasteiger partial charge in [-0.1, -0.05) is 33.1 Å². The van der Waals surface area contributed by atoms with Crippen molar-refractivity contribution in [2.24, 2.45) is 5.92 Å². The van der Waals surface area contributed by atoms with E-state index in [4.69, 9.17) is 15.0 Å². The Morgan fingerprint density at radius 1 is 0.889 bits per heavy atom. The van der Waals surface area contributed by atoms with E-state index in [0.717, 1.165) is 63.8 Å². The van der Waals surface area contributed by atoms with Gasteiger partial charge in [0.15, 0.2) is 0 Å². The van der Waals surface area contributed by atoms with Crippen LogP contribution in [0.3, 0.4) is 0 Å². The van der Waals surface area contributed by atoms with Gasteiger partial charge in [0.05, 0.1) is 11.9 Å². The highest BCUT2D eigenvalue weighted by Crippen LogP contribution is 2.24. The van der Waals surface area contributed by atoms with Crippen molar-refractivity contribution in [2.45, 2.75) is 84.5 Å². The number of nitrogens with one attached hydrogen (secondary N) is 2. The zero-order valence-corrected chi connectivity index (χ0v) is 22.0. The molecular weight excluding hydrogens is 452 g/mol. The van der Waals surface area contributed by atoms with E-state index in [0.29, 0.717) is 17.5 Å². The second kappa shape index (κ2) is 13.4. The Morgan fingerprint density at radius 3 is 2.06 bits per heavy atom. The third-order valence-corrected chi connectivity index (χ3v) is 7.18. The van der Waals surface area contributed by atoms with Crippen LogP contribution in [0.4, 0.5) is 29.4 Å². The minimum Gasteiger partial charge on any atom is -0.341 e. The first-order valence-corrected chi connectivity index (χ1v) is 14.0. The monoisotopic (exact) mass is 494 g/mol. The van der Waals surface area contributed by atoms with Crippen LogP contribution in [-0.2, 0) is 4.79 Å². The zero-order valence-electron chi connectivity index (χ0n) is 22.0. The van der Waals surface area contributed by atoms with Gasteiger partial charge in [-0.3, -0.25) is 4.79 Å². The molecule has 1 atom stereocenters. The fourth-order valence-corrected chi connectivity index (χ4v) is 4.94. The summed E-state index contributed by atoms with van der Waals surface area (Å²) in [5.74, 6) is 2.75. The molecule has 196 valence electrons. The Balaban J connectivity index is 1.44. The molecule has 0 aromatic carbocycles. The first-order valence-electron chi connectivity index (χ1n) is 14.0. The normalized spacial score (nSPS) is 17.1. The Bertz CT molecular complexity index is 918. The first kappa shape index (κ1) is 26.1. The molecule has 36 heavy (non-hydrogen) atoms. The minimum atomic E-state index is 0.0426. The molecule has 0 spiro atoms. The topological polar surface area (TPSA) is 99.2 Å². The van der Waals surface area contributed by atoms with Crippen molar-refractivity contribution >= 4 is 35.3 Å². The lowest BCUT2D eigenvalue weighted by Crippen LogP contribution is -2.34. The summed E-state index contributed by atoms with van der Waals surface area (Å²) in [6, 6.07) is 3.74. The van der Waals surface area contributed by atoms with Gasteiger partial charge in [-0.2, -0.15) is 15.0 Å². The molecule has 2 aromatic heterocycles. The van der Waals surface area contributed by atoms with Gasteiger partial charge < -0.3 is 20.4 Å². The summed E-state index contributed by atoms with van der Waals surface area (Å²) in [5, 5.41) is 6.30. The summed E-state index contributed by atoms with van der Waals surface area (Å²) < 4.78 is 0. The molecule has 0 saturated carbocycles. The number of pyridine rings is 1. The van der Waals surface area contributed by atoms with E-state index >= 15 is 0 Å². The fourth-order valence-electron chi connectivity index (χ4n) is 4.94. The van der Waals surface area contributed by atoms with Crippen LogP contribution in [0.25, 0.3) is 0 Å². The Hall–Kier alpha value is -2.97. The van der Waals surface area contributed by atoms with Crippen LogP contribution < -0.4 is 20.4 Å². The van der Waals surface area contributed by atoms with Crippen molar-refractivity contribution in [3.8, 4) is 0 Å². The molecule has 2 aliphatic heterocycles. The highest BCUT2D eigenvalue weighted by atomic mass is 16.1. The number of hydrogen-bond acceptors (Lipinski definition) is 8. The Labute approximate surface area is 215 Å². The van der Waals surface area contributed by atoms with Crippen LogP contribution in [-0.4, -0.2) is 52.0 Å². The fraction of sp³-hybridized carbons (Fsp3) is 0.667. The van der Waals surface area contributed by atoms with Crippen molar-refractivity contribution in [2.75, 3.05) is 46.6 Å². The van der Waals surface area contributed by atoms with Gasteiger partial charge in [-0.05, 0) is 63.5 Å². The van der Waals surface area contributed by atoms with Gasteiger partial charge in [0, 0.05) is 32.1 Å². The third-order valence-electron chi connectivity index (χ3n) is 7.18. The highest BCUT2D eigenvalue weighted by molar-refractivity contribution is 5.92. The molecule has 1 amide bonds. The second-order valence-corrected chi connectivity index (χ2v) is 10.0. The second-order valence-electron chi connectivity index (χ2n) is 10.0. The van der Waals surface area contributed by atoms with Crippen molar-refractivity contribution in [1.29, 1.82) is 0 Å². The van der Waals surface area contributed by atoms with Crippen molar-refractivity contribution < 1.29 is 4.79 Å². The minimum absolute atomic E-state index is 0.0426. The SMILES string of the molecule is CCCCCC(CC)C(=O)Nc1ccc(Nc2nc(N3CCCCC3)nc(N3CCCCC3)n2)nc1. The van der Waals surface area contributed by atoms with Crippen molar-refractivity contribution in [1.82, 2.24) is 19.9 Å². The lowest BCUT2D eigenvalue weighted by Gasteiger charge is -2.30. The number of hydrogen-bond donors (Lipinski definition) is 2. The smallest absolute Gasteiger partial charge is 0.235 e. The molecule has 9 heteroatoms. The number of piperidine rings is 2. The number of anilines is 5. The van der Waals surface area contributed by atoms with E-state index in [1.165, 1.54) is 44.9 Å². The maximum absolute atomic E-state index is 12.7. The maximum atomic E-state index is 12.7. The van der Waals surface area contributed by atoms with E-state index < -0.39 is 0 Å². The number of unbranched alkanes of at least 4 members (excludes halogenated alkanes) is 2. The van der Waals surface area contributed by atoms with Gasteiger partial charge in [-0.15, -0.1) is 0 Å². The molecule has 2 saturated heterocycles. The lowest BCUT2D eigenvalue weighted by atomic mass is 9.97. The predicted molar refractivity (Wildman–Crippen MR) is 146 cm³/mol. The average Bonchev–Trinajstić information content (AvgIpc) is 2.93. The number of aromatic nitrogens is 4. The number of carbonyl (C=O) groups excluding carboxylic acids is 1. The number of rotatable bonds is 11. The highest BCUT2D eigenvalue weighted by Gasteiger charge is 2.21. The molecule has 2 aromatic rings. The maximum Gasteiger partial charge on any atom is 0.235 e. The van der Waals surface area contributed by atoms with E-state index in [9.17, 15) is 4.79 Å². The molecule has 4 rings (SSSR count). The van der Waals surface area contributed by atoms with E-state index in [1.54, 1.807) is 6.20 Å². The van der Waals surface area contributed by atoms with Gasteiger partial charge in [0.2, 0.25) is 23.8 Å². The number of amides is 1. The molecule has 2 fully saturated rings. The molecule has 0 aliphatic carbocycles. The van der Waals surface area contributed by atoms with E-state index in [-0.39, 0.29) is 11.8 Å². The molecule has 0 bridgehead atoms. The van der Waals surface area contributed by atoms with Crippen molar-refractivity contribution in [3.05, 3.63) is 18.3 Å². The molecule has 2 aliphatic rings. The lowest BCUT2D eigenvalue weighted by molar-refractivity contribution is -0.120. The van der Waals surface area contributed by atoms with Crippen LogP contribution in [0, 0.1) is 5.92 Å². The number of nitrogens with zero attached hydrogens (tertiary/aromatic N) is 6. The number of carbonyl (C=O) groups is 1. The Morgan fingerprint density at radius 2 is 1.53 bits per heavy atom. The largest absolute Gasteiger partial charge is 0.341 e. The Kier molecular flexibility index (Phi) is 9.69. The van der Waals surface area contributed by atoms with Crippen molar-refractivity contribution in [3.63, 3.8) is 0 Å². The summed E-state index contributed by atoms with van der Waals surface area (Å²) >= 11 is 0. The summed E-state index contributed by atoms with van der Waals surface area (Å²) in [5.41, 5.74) is 0.707. The van der Waals surface area contributed by atoms with Crippen LogP contribution in [0.15, 0.2) is 18.3 Å². The van der Waals surface area contributed by atoms with Gasteiger partial charge in [0.1, 0.15) is 5.82 Å². The van der Waals surface area contributed by atoms with Gasteiger partial charge in [-0.25, -0.2) is 4.98 Å². The predicted octanol–water partition coefficient (Wildman–Crippen LogP) is 5.54. The molecule has 9 nitrogen and oxygen atoms in total. The quantitative estimate of drug-likeness (QED) is 0.393. The first-order chi connectivity index (χ1) is 17.7. The molecule has 2 N–H and O–H groups in total. The average molecular weight is 495 g/mol. The molecule has 1 unspecified atom stereocenters.